The zero-order valence-electron chi connectivity index (χ0n) is 11.2. The lowest BCUT2D eigenvalue weighted by atomic mass is 9.86. The van der Waals surface area contributed by atoms with E-state index in [-0.39, 0.29) is 16.4 Å². The van der Waals surface area contributed by atoms with E-state index in [0.717, 1.165) is 5.56 Å². The van der Waals surface area contributed by atoms with Crippen molar-refractivity contribution in [1.29, 1.82) is 0 Å². The molecule has 1 aromatic carbocycles. The van der Waals surface area contributed by atoms with Gasteiger partial charge in [-0.15, -0.1) is 0 Å². The van der Waals surface area contributed by atoms with E-state index in [1.54, 1.807) is 0 Å². The van der Waals surface area contributed by atoms with E-state index in [9.17, 15) is 8.42 Å². The zero-order chi connectivity index (χ0) is 13.4. The van der Waals surface area contributed by atoms with Gasteiger partial charge in [-0.2, -0.15) is 0 Å². The van der Waals surface area contributed by atoms with Crippen molar-refractivity contribution < 1.29 is 8.42 Å². The molecule has 1 fully saturated rings. The predicted octanol–water partition coefficient (Wildman–Crippen LogP) is 2.04. The van der Waals surface area contributed by atoms with Crippen LogP contribution in [-0.4, -0.2) is 27.3 Å². The summed E-state index contributed by atoms with van der Waals surface area (Å²) in [5.41, 5.74) is 2.23. The van der Waals surface area contributed by atoms with Crippen molar-refractivity contribution in [2.75, 3.05) is 18.8 Å². The lowest BCUT2D eigenvalue weighted by molar-refractivity contribution is 0.551. The molecule has 18 heavy (non-hydrogen) atoms. The van der Waals surface area contributed by atoms with Gasteiger partial charge in [-0.25, -0.2) is 8.42 Å². The maximum Gasteiger partial charge on any atom is 0.159 e. The van der Waals surface area contributed by atoms with Crippen molar-refractivity contribution in [3.63, 3.8) is 0 Å². The van der Waals surface area contributed by atoms with E-state index in [0.29, 0.717) is 13.1 Å². The van der Waals surface area contributed by atoms with E-state index in [2.05, 4.69) is 26.1 Å². The molecule has 1 aliphatic rings. The number of benzene rings is 1. The molecular weight excluding hydrogens is 246 g/mol. The highest BCUT2D eigenvalue weighted by molar-refractivity contribution is 7.91. The Kier molecular flexibility index (Phi) is 3.52. The van der Waals surface area contributed by atoms with E-state index in [1.807, 2.05) is 24.3 Å². The van der Waals surface area contributed by atoms with Crippen molar-refractivity contribution in [2.45, 2.75) is 31.4 Å². The van der Waals surface area contributed by atoms with Crippen molar-refractivity contribution in [3.8, 4) is 0 Å². The third-order valence-electron chi connectivity index (χ3n) is 3.48. The summed E-state index contributed by atoms with van der Waals surface area (Å²) in [6, 6.07) is 7.99. The quantitative estimate of drug-likeness (QED) is 0.847. The maximum absolute atomic E-state index is 12.0. The Hall–Kier alpha value is -0.870. The fraction of sp³-hybridized carbons (Fsp3) is 0.571. The van der Waals surface area contributed by atoms with Crippen LogP contribution < -0.4 is 5.32 Å². The van der Waals surface area contributed by atoms with Gasteiger partial charge in [-0.3, -0.25) is 0 Å². The highest BCUT2D eigenvalue weighted by Gasteiger charge is 2.30. The van der Waals surface area contributed by atoms with Crippen LogP contribution in [0, 0.1) is 0 Å². The molecule has 1 N–H and O–H groups in total. The summed E-state index contributed by atoms with van der Waals surface area (Å²) >= 11 is 0. The smallest absolute Gasteiger partial charge is 0.159 e. The minimum absolute atomic E-state index is 0.0994. The monoisotopic (exact) mass is 267 g/mol. The fourth-order valence-electron chi connectivity index (χ4n) is 2.24. The van der Waals surface area contributed by atoms with Crippen molar-refractivity contribution in [3.05, 3.63) is 35.4 Å². The van der Waals surface area contributed by atoms with Crippen LogP contribution in [0.4, 0.5) is 0 Å². The molecule has 2 rings (SSSR count). The molecule has 0 aromatic heterocycles. The SMILES string of the molecule is CC(C)(C)c1ccc(C2CNCCS2(=O)=O)cc1. The lowest BCUT2D eigenvalue weighted by Crippen LogP contribution is -2.38. The van der Waals surface area contributed by atoms with E-state index in [1.165, 1.54) is 5.56 Å². The van der Waals surface area contributed by atoms with E-state index >= 15 is 0 Å². The van der Waals surface area contributed by atoms with Crippen LogP contribution >= 0.6 is 0 Å². The summed E-state index contributed by atoms with van der Waals surface area (Å²) < 4.78 is 24.0. The van der Waals surface area contributed by atoms with Crippen LogP contribution in [-0.2, 0) is 15.3 Å². The molecule has 100 valence electrons. The molecule has 0 aliphatic carbocycles. The normalized spacial score (nSPS) is 23.8. The van der Waals surface area contributed by atoms with Crippen LogP contribution in [0.1, 0.15) is 37.1 Å². The first-order chi connectivity index (χ1) is 8.31. The minimum Gasteiger partial charge on any atom is -0.314 e. The van der Waals surface area contributed by atoms with Gasteiger partial charge in [0, 0.05) is 13.1 Å². The Balaban J connectivity index is 2.29. The van der Waals surface area contributed by atoms with Crippen LogP contribution in [0.5, 0.6) is 0 Å². The Morgan fingerprint density at radius 3 is 2.28 bits per heavy atom. The van der Waals surface area contributed by atoms with Gasteiger partial charge in [0.05, 0.1) is 11.0 Å². The molecule has 1 aromatic rings. The average molecular weight is 267 g/mol. The van der Waals surface area contributed by atoms with Gasteiger partial charge in [0.1, 0.15) is 0 Å². The number of nitrogens with one attached hydrogen (secondary N) is 1. The van der Waals surface area contributed by atoms with Crippen LogP contribution in [0.25, 0.3) is 0 Å². The van der Waals surface area contributed by atoms with Crippen molar-refractivity contribution in [1.82, 2.24) is 5.32 Å². The molecule has 1 saturated heterocycles. The number of hydrogen-bond acceptors (Lipinski definition) is 3. The first-order valence-electron chi connectivity index (χ1n) is 6.33. The molecule has 0 bridgehead atoms. The highest BCUT2D eigenvalue weighted by Crippen LogP contribution is 2.28. The summed E-state index contributed by atoms with van der Waals surface area (Å²) in [7, 11) is -2.99. The van der Waals surface area contributed by atoms with Gasteiger partial charge >= 0.3 is 0 Å². The first kappa shape index (κ1) is 13.6. The number of rotatable bonds is 1. The van der Waals surface area contributed by atoms with Gasteiger partial charge in [0.25, 0.3) is 0 Å². The summed E-state index contributed by atoms with van der Waals surface area (Å²) in [6.45, 7) is 7.55. The molecule has 0 radical (unpaired) electrons. The molecule has 4 heteroatoms. The first-order valence-corrected chi connectivity index (χ1v) is 8.05. The second-order valence-electron chi connectivity index (χ2n) is 5.93. The van der Waals surface area contributed by atoms with Crippen molar-refractivity contribution in [2.24, 2.45) is 0 Å². The Morgan fingerprint density at radius 2 is 1.78 bits per heavy atom. The molecule has 0 saturated carbocycles. The molecule has 1 unspecified atom stereocenters. The van der Waals surface area contributed by atoms with Gasteiger partial charge in [-0.1, -0.05) is 45.0 Å². The van der Waals surface area contributed by atoms with Crippen LogP contribution in [0.2, 0.25) is 0 Å². The van der Waals surface area contributed by atoms with Crippen molar-refractivity contribution >= 4 is 9.84 Å². The van der Waals surface area contributed by atoms with Gasteiger partial charge in [-0.05, 0) is 16.5 Å². The second-order valence-corrected chi connectivity index (χ2v) is 8.23. The molecule has 1 atom stereocenters. The topological polar surface area (TPSA) is 46.2 Å². The van der Waals surface area contributed by atoms with E-state index in [4.69, 9.17) is 0 Å². The van der Waals surface area contributed by atoms with Gasteiger partial charge in [0.2, 0.25) is 0 Å². The molecule has 1 aliphatic heterocycles. The number of sulfone groups is 1. The third-order valence-corrected chi connectivity index (χ3v) is 5.55. The largest absolute Gasteiger partial charge is 0.314 e. The zero-order valence-corrected chi connectivity index (χ0v) is 12.0. The molecular formula is C14H21NO2S. The summed E-state index contributed by atoms with van der Waals surface area (Å²) in [5.74, 6) is 0.235. The summed E-state index contributed by atoms with van der Waals surface area (Å²) in [5, 5.41) is 2.77. The summed E-state index contributed by atoms with van der Waals surface area (Å²) in [6.07, 6.45) is 0. The van der Waals surface area contributed by atoms with Crippen LogP contribution in [0.15, 0.2) is 24.3 Å². The Morgan fingerprint density at radius 1 is 1.17 bits per heavy atom. The molecule has 3 nitrogen and oxygen atoms in total. The average Bonchev–Trinajstić information content (AvgIpc) is 2.27. The Labute approximate surface area is 110 Å². The summed E-state index contributed by atoms with van der Waals surface area (Å²) in [4.78, 5) is 0. The van der Waals surface area contributed by atoms with Gasteiger partial charge < -0.3 is 5.32 Å². The predicted molar refractivity (Wildman–Crippen MR) is 74.5 cm³/mol. The molecule has 0 amide bonds. The molecule has 1 heterocycles. The number of hydrogen-bond donors (Lipinski definition) is 1. The van der Waals surface area contributed by atoms with E-state index < -0.39 is 9.84 Å². The standard InChI is InChI=1S/C14H21NO2S/c1-14(2,3)12-6-4-11(5-7-12)13-10-15-8-9-18(13,16)17/h4-7,13,15H,8-10H2,1-3H3. The molecule has 0 spiro atoms. The van der Waals surface area contributed by atoms with Gasteiger partial charge in [0.15, 0.2) is 9.84 Å². The minimum atomic E-state index is -2.99. The lowest BCUT2D eigenvalue weighted by Gasteiger charge is -2.25. The Bertz CT molecular complexity index is 512. The maximum atomic E-state index is 12.0. The second kappa shape index (κ2) is 4.67. The fourth-order valence-corrected chi connectivity index (χ4v) is 3.90. The van der Waals surface area contributed by atoms with Crippen LogP contribution in [0.3, 0.4) is 0 Å². The third kappa shape index (κ3) is 2.75. The highest BCUT2D eigenvalue weighted by atomic mass is 32.2.